The highest BCUT2D eigenvalue weighted by Gasteiger charge is 2.16. The summed E-state index contributed by atoms with van der Waals surface area (Å²) in [7, 11) is 1.58. The predicted molar refractivity (Wildman–Crippen MR) is 173 cm³/mol. The number of hydrogen-bond acceptors (Lipinski definition) is 7. The Morgan fingerprint density at radius 1 is 0.844 bits per heavy atom. The van der Waals surface area contributed by atoms with Gasteiger partial charge in [0.2, 0.25) is 0 Å². The number of carbonyl (C=O) groups excluding carboxylic acids is 1. The Hall–Kier alpha value is -5.02. The maximum absolute atomic E-state index is 15.2. The largest absolute Gasteiger partial charge is 0.493 e. The number of hydrogen-bond donors (Lipinski definition) is 1. The number of anilines is 1. The molecule has 0 unspecified atom stereocenters. The fourth-order valence-electron chi connectivity index (χ4n) is 5.48. The molecule has 2 aromatic heterocycles. The number of halogens is 1. The summed E-state index contributed by atoms with van der Waals surface area (Å²) in [5.41, 5.74) is 2.96. The monoisotopic (exact) mass is 606 g/mol. The molecule has 8 nitrogen and oxygen atoms in total. The first-order valence-corrected chi connectivity index (χ1v) is 15.2. The number of benzene rings is 3. The van der Waals surface area contributed by atoms with Gasteiger partial charge in [0.25, 0.3) is 5.91 Å². The van der Waals surface area contributed by atoms with Crippen molar-refractivity contribution in [2.75, 3.05) is 38.7 Å². The summed E-state index contributed by atoms with van der Waals surface area (Å²) in [6.45, 7) is 3.89. The Balaban J connectivity index is 1.13. The van der Waals surface area contributed by atoms with Crippen LogP contribution in [0.3, 0.4) is 0 Å². The van der Waals surface area contributed by atoms with Crippen molar-refractivity contribution < 1.29 is 23.4 Å². The van der Waals surface area contributed by atoms with Crippen LogP contribution in [0.1, 0.15) is 36.2 Å². The average Bonchev–Trinajstić information content (AvgIpc) is 3.08. The number of methoxy groups -OCH3 is 1. The lowest BCUT2D eigenvalue weighted by atomic mass is 10.1. The number of carbonyl (C=O) groups is 1. The number of aromatic nitrogens is 2. The smallest absolute Gasteiger partial charge is 0.274 e. The molecule has 0 atom stereocenters. The second-order valence-electron chi connectivity index (χ2n) is 10.9. The van der Waals surface area contributed by atoms with Gasteiger partial charge < -0.3 is 24.4 Å². The lowest BCUT2D eigenvalue weighted by molar-refractivity contribution is 0.102. The second-order valence-corrected chi connectivity index (χ2v) is 10.9. The van der Waals surface area contributed by atoms with E-state index in [1.54, 1.807) is 43.8 Å². The van der Waals surface area contributed by atoms with Crippen molar-refractivity contribution in [1.82, 2.24) is 14.9 Å². The number of ether oxygens (including phenoxy) is 3. The Kier molecular flexibility index (Phi) is 9.46. The topological polar surface area (TPSA) is 85.8 Å². The lowest BCUT2D eigenvalue weighted by Gasteiger charge is -2.26. The van der Waals surface area contributed by atoms with Gasteiger partial charge in [0.1, 0.15) is 11.4 Å². The van der Waals surface area contributed by atoms with Gasteiger partial charge >= 0.3 is 0 Å². The van der Waals surface area contributed by atoms with Crippen LogP contribution in [-0.4, -0.2) is 54.1 Å². The molecule has 3 aromatic carbocycles. The zero-order valence-corrected chi connectivity index (χ0v) is 25.2. The molecule has 1 N–H and O–H groups in total. The van der Waals surface area contributed by atoms with Crippen LogP contribution < -0.4 is 19.5 Å². The van der Waals surface area contributed by atoms with Crippen LogP contribution in [0.4, 0.5) is 10.1 Å². The molecule has 1 amide bonds. The molecule has 6 rings (SSSR count). The third kappa shape index (κ3) is 7.38. The van der Waals surface area contributed by atoms with Crippen LogP contribution in [0.25, 0.3) is 22.0 Å². The van der Waals surface area contributed by atoms with E-state index in [9.17, 15) is 4.79 Å². The summed E-state index contributed by atoms with van der Waals surface area (Å²) in [4.78, 5) is 24.1. The fourth-order valence-corrected chi connectivity index (χ4v) is 5.48. The SMILES string of the molecule is COc1cc2c(Oc3ccc(NC(=O)c4cc(-c5ccccc5)ccn4)cc3F)ccnc2cc1OCCCN1CCCCC1. The highest BCUT2D eigenvalue weighted by Crippen LogP contribution is 2.38. The van der Waals surface area contributed by atoms with Crippen molar-refractivity contribution in [3.63, 3.8) is 0 Å². The maximum atomic E-state index is 15.2. The van der Waals surface area contributed by atoms with E-state index in [-0.39, 0.29) is 17.1 Å². The van der Waals surface area contributed by atoms with Crippen molar-refractivity contribution in [2.45, 2.75) is 25.7 Å². The van der Waals surface area contributed by atoms with Gasteiger partial charge in [-0.2, -0.15) is 0 Å². The van der Waals surface area contributed by atoms with Crippen molar-refractivity contribution in [3.05, 3.63) is 103 Å². The molecule has 0 radical (unpaired) electrons. The normalized spacial score (nSPS) is 13.4. The van der Waals surface area contributed by atoms with E-state index < -0.39 is 11.7 Å². The highest BCUT2D eigenvalue weighted by atomic mass is 19.1. The van der Waals surface area contributed by atoms with E-state index >= 15 is 4.39 Å². The minimum atomic E-state index is -0.635. The first-order valence-electron chi connectivity index (χ1n) is 15.2. The molecule has 0 aliphatic carbocycles. The van der Waals surface area contributed by atoms with E-state index in [4.69, 9.17) is 14.2 Å². The molecule has 3 heterocycles. The zero-order valence-electron chi connectivity index (χ0n) is 25.2. The molecule has 9 heteroatoms. The number of amides is 1. The Labute approximate surface area is 261 Å². The summed E-state index contributed by atoms with van der Waals surface area (Å²) in [6, 6.07) is 22.8. The molecule has 45 heavy (non-hydrogen) atoms. The number of nitrogens with one attached hydrogen (secondary N) is 1. The maximum Gasteiger partial charge on any atom is 0.274 e. The van der Waals surface area contributed by atoms with E-state index in [2.05, 4.69) is 20.2 Å². The lowest BCUT2D eigenvalue weighted by Crippen LogP contribution is -2.31. The quantitative estimate of drug-likeness (QED) is 0.154. The van der Waals surface area contributed by atoms with Crippen molar-refractivity contribution in [2.24, 2.45) is 0 Å². The standard InChI is InChI=1S/C36H35FN4O4/c1-43-34-23-28-30(24-35(34)44-20-8-19-41-17-6-3-7-18-41)38-16-14-32(28)45-33-12-11-27(22-29(33)37)40-36(42)31-21-26(13-15-39-31)25-9-4-2-5-10-25/h2,4-5,9-16,21-24H,3,6-8,17-20H2,1H3,(H,40,42). The first kappa shape index (κ1) is 30.0. The Morgan fingerprint density at radius 3 is 2.47 bits per heavy atom. The molecule has 0 saturated carbocycles. The van der Waals surface area contributed by atoms with E-state index in [1.807, 2.05) is 42.5 Å². The predicted octanol–water partition coefficient (Wildman–Crippen LogP) is 7.74. The molecular weight excluding hydrogens is 571 g/mol. The number of pyridine rings is 2. The molecule has 1 saturated heterocycles. The molecule has 1 aliphatic rings. The number of likely N-dealkylation sites (tertiary alicyclic amines) is 1. The van der Waals surface area contributed by atoms with E-state index in [0.29, 0.717) is 34.8 Å². The van der Waals surface area contributed by atoms with Crippen LogP contribution in [0.5, 0.6) is 23.0 Å². The first-order chi connectivity index (χ1) is 22.1. The molecule has 230 valence electrons. The second kappa shape index (κ2) is 14.2. The Bertz CT molecular complexity index is 1780. The number of rotatable bonds is 11. The van der Waals surface area contributed by atoms with Gasteiger partial charge in [-0.15, -0.1) is 0 Å². The number of nitrogens with zero attached hydrogens (tertiary/aromatic N) is 3. The van der Waals surface area contributed by atoms with Crippen LogP contribution in [-0.2, 0) is 0 Å². The third-order valence-corrected chi connectivity index (χ3v) is 7.82. The van der Waals surface area contributed by atoms with Crippen LogP contribution in [0, 0.1) is 5.82 Å². The number of piperidine rings is 1. The van der Waals surface area contributed by atoms with Gasteiger partial charge in [0.05, 0.1) is 19.2 Å². The summed E-state index contributed by atoms with van der Waals surface area (Å²) in [5.74, 6) is 0.474. The molecule has 1 aliphatic heterocycles. The average molecular weight is 607 g/mol. The minimum absolute atomic E-state index is 0.00158. The van der Waals surface area contributed by atoms with Crippen molar-refractivity contribution in [1.29, 1.82) is 0 Å². The van der Waals surface area contributed by atoms with Crippen LogP contribution >= 0.6 is 0 Å². The molecule has 1 fully saturated rings. The van der Waals surface area contributed by atoms with E-state index in [1.165, 1.54) is 31.4 Å². The highest BCUT2D eigenvalue weighted by molar-refractivity contribution is 6.03. The molecule has 5 aromatic rings. The summed E-state index contributed by atoms with van der Waals surface area (Å²) >= 11 is 0. The van der Waals surface area contributed by atoms with Gasteiger partial charge in [-0.1, -0.05) is 36.8 Å². The number of fused-ring (bicyclic) bond motifs is 1. The molecule has 0 spiro atoms. The van der Waals surface area contributed by atoms with Crippen LogP contribution in [0.2, 0.25) is 0 Å². The minimum Gasteiger partial charge on any atom is -0.493 e. The van der Waals surface area contributed by atoms with Crippen molar-refractivity contribution in [3.8, 4) is 34.1 Å². The van der Waals surface area contributed by atoms with E-state index in [0.717, 1.165) is 37.2 Å². The fraction of sp³-hybridized carbons (Fsp3) is 0.250. The summed E-state index contributed by atoms with van der Waals surface area (Å²) in [6.07, 6.45) is 7.95. The van der Waals surface area contributed by atoms with Crippen molar-refractivity contribution >= 4 is 22.5 Å². The van der Waals surface area contributed by atoms with Gasteiger partial charge in [-0.3, -0.25) is 14.8 Å². The third-order valence-electron chi connectivity index (χ3n) is 7.82. The van der Waals surface area contributed by atoms with Gasteiger partial charge in [0, 0.05) is 42.1 Å². The summed E-state index contributed by atoms with van der Waals surface area (Å²) in [5, 5.41) is 3.37. The Morgan fingerprint density at radius 2 is 1.67 bits per heavy atom. The summed E-state index contributed by atoms with van der Waals surface area (Å²) < 4.78 is 32.9. The van der Waals surface area contributed by atoms with Gasteiger partial charge in [-0.05, 0) is 79.9 Å². The van der Waals surface area contributed by atoms with Crippen LogP contribution in [0.15, 0.2) is 91.3 Å². The molecular formula is C36H35FN4O4. The molecule has 0 bridgehead atoms. The van der Waals surface area contributed by atoms with Gasteiger partial charge in [0.15, 0.2) is 23.1 Å². The van der Waals surface area contributed by atoms with Gasteiger partial charge in [-0.25, -0.2) is 4.39 Å². The zero-order chi connectivity index (χ0) is 31.0.